The van der Waals surface area contributed by atoms with Gasteiger partial charge in [0.25, 0.3) is 0 Å². The fourth-order valence-corrected chi connectivity index (χ4v) is 1.65. The number of hydrogen-bond acceptors (Lipinski definition) is 3. The summed E-state index contributed by atoms with van der Waals surface area (Å²) in [5, 5.41) is 0. The Morgan fingerprint density at radius 2 is 2.24 bits per heavy atom. The average molecular weight is 231 g/mol. The number of hydrogen-bond donors (Lipinski definition) is 0. The van der Waals surface area contributed by atoms with Gasteiger partial charge in [-0.05, 0) is 25.5 Å². The molecule has 0 saturated carbocycles. The number of ether oxygens (including phenoxy) is 1. The third-order valence-corrected chi connectivity index (χ3v) is 2.37. The van der Waals surface area contributed by atoms with E-state index in [1.807, 2.05) is 35.9 Å². The van der Waals surface area contributed by atoms with Gasteiger partial charge in [-0.3, -0.25) is 4.98 Å². The monoisotopic (exact) mass is 231 g/mol. The molecule has 0 radical (unpaired) electrons. The minimum atomic E-state index is 0.528. The van der Waals surface area contributed by atoms with Gasteiger partial charge in [-0.25, -0.2) is 4.98 Å². The standard InChI is InChI=1S/C13H17N3O/c1-3-8-17-10-16-9-11(2)15-13(16)12-6-4-5-7-14-12/h4-7,9H,3,8,10H2,1-2H3. The van der Waals surface area contributed by atoms with Gasteiger partial charge in [-0.2, -0.15) is 0 Å². The molecular weight excluding hydrogens is 214 g/mol. The highest BCUT2D eigenvalue weighted by Gasteiger charge is 2.08. The van der Waals surface area contributed by atoms with Crippen LogP contribution in [0.4, 0.5) is 0 Å². The molecule has 0 aliphatic carbocycles. The third kappa shape index (κ3) is 2.91. The lowest BCUT2D eigenvalue weighted by Gasteiger charge is -2.07. The van der Waals surface area contributed by atoms with E-state index in [2.05, 4.69) is 16.9 Å². The Morgan fingerprint density at radius 1 is 1.35 bits per heavy atom. The van der Waals surface area contributed by atoms with E-state index in [1.165, 1.54) is 0 Å². The maximum atomic E-state index is 5.54. The zero-order valence-electron chi connectivity index (χ0n) is 10.3. The molecule has 2 aromatic heterocycles. The fraction of sp³-hybridized carbons (Fsp3) is 0.385. The molecule has 2 rings (SSSR count). The van der Waals surface area contributed by atoms with Crippen LogP contribution in [0.1, 0.15) is 19.0 Å². The quantitative estimate of drug-likeness (QED) is 0.743. The van der Waals surface area contributed by atoms with Gasteiger partial charge < -0.3 is 9.30 Å². The second kappa shape index (κ2) is 5.59. The van der Waals surface area contributed by atoms with E-state index in [1.54, 1.807) is 6.20 Å². The molecule has 0 unspecified atom stereocenters. The van der Waals surface area contributed by atoms with Crippen LogP contribution in [0.15, 0.2) is 30.6 Å². The number of nitrogens with zero attached hydrogens (tertiary/aromatic N) is 3. The summed E-state index contributed by atoms with van der Waals surface area (Å²) in [6, 6.07) is 5.82. The molecule has 0 fully saturated rings. The maximum Gasteiger partial charge on any atom is 0.160 e. The molecule has 0 atom stereocenters. The van der Waals surface area contributed by atoms with Crippen LogP contribution in [0.5, 0.6) is 0 Å². The molecule has 0 aliphatic rings. The van der Waals surface area contributed by atoms with Crippen LogP contribution < -0.4 is 0 Å². The van der Waals surface area contributed by atoms with Crippen molar-refractivity contribution >= 4 is 0 Å². The van der Waals surface area contributed by atoms with Gasteiger partial charge in [0.1, 0.15) is 12.4 Å². The number of imidazole rings is 1. The molecule has 4 heteroatoms. The normalized spacial score (nSPS) is 10.7. The van der Waals surface area contributed by atoms with Crippen molar-refractivity contribution in [2.75, 3.05) is 6.61 Å². The summed E-state index contributed by atoms with van der Waals surface area (Å²) in [6.07, 6.45) is 4.78. The summed E-state index contributed by atoms with van der Waals surface area (Å²) in [5.41, 5.74) is 1.85. The molecule has 0 aliphatic heterocycles. The third-order valence-electron chi connectivity index (χ3n) is 2.37. The van der Waals surface area contributed by atoms with E-state index >= 15 is 0 Å². The molecule has 0 spiro atoms. The van der Waals surface area contributed by atoms with Gasteiger partial charge >= 0.3 is 0 Å². The molecule has 0 bridgehead atoms. The van der Waals surface area contributed by atoms with Crippen molar-refractivity contribution in [2.45, 2.75) is 27.0 Å². The Balaban J connectivity index is 2.22. The van der Waals surface area contributed by atoms with Crippen LogP contribution in [0.3, 0.4) is 0 Å². The Hall–Kier alpha value is -1.68. The Labute approximate surface area is 101 Å². The summed E-state index contributed by atoms with van der Waals surface area (Å²) < 4.78 is 7.53. The second-order valence-corrected chi connectivity index (χ2v) is 3.93. The molecule has 2 aromatic rings. The molecule has 17 heavy (non-hydrogen) atoms. The summed E-state index contributed by atoms with van der Waals surface area (Å²) in [5.74, 6) is 0.860. The molecule has 90 valence electrons. The first-order valence-electron chi connectivity index (χ1n) is 5.84. The first-order chi connectivity index (χ1) is 8.31. The van der Waals surface area contributed by atoms with Gasteiger partial charge in [-0.15, -0.1) is 0 Å². The van der Waals surface area contributed by atoms with Crippen molar-refractivity contribution < 1.29 is 4.74 Å². The van der Waals surface area contributed by atoms with E-state index in [9.17, 15) is 0 Å². The lowest BCUT2D eigenvalue weighted by molar-refractivity contribution is 0.0784. The number of rotatable bonds is 5. The van der Waals surface area contributed by atoms with Gasteiger partial charge in [0.05, 0.1) is 5.69 Å². The maximum absolute atomic E-state index is 5.54. The largest absolute Gasteiger partial charge is 0.361 e. The molecule has 2 heterocycles. The van der Waals surface area contributed by atoms with Gasteiger partial charge in [0.15, 0.2) is 5.82 Å². The van der Waals surface area contributed by atoms with Crippen LogP contribution >= 0.6 is 0 Å². The number of aromatic nitrogens is 3. The van der Waals surface area contributed by atoms with Crippen LogP contribution in [0.25, 0.3) is 11.5 Å². The lowest BCUT2D eigenvalue weighted by atomic mass is 10.3. The highest BCUT2D eigenvalue weighted by molar-refractivity contribution is 5.49. The Kier molecular flexibility index (Phi) is 3.88. The topological polar surface area (TPSA) is 39.9 Å². The molecule has 0 N–H and O–H groups in total. The van der Waals surface area contributed by atoms with Crippen molar-refractivity contribution in [1.29, 1.82) is 0 Å². The van der Waals surface area contributed by atoms with Crippen LogP contribution in [0, 0.1) is 6.92 Å². The highest BCUT2D eigenvalue weighted by atomic mass is 16.5. The highest BCUT2D eigenvalue weighted by Crippen LogP contribution is 2.16. The van der Waals surface area contributed by atoms with E-state index in [0.717, 1.165) is 30.2 Å². The van der Waals surface area contributed by atoms with Crippen LogP contribution in [-0.2, 0) is 11.5 Å². The van der Waals surface area contributed by atoms with E-state index in [-0.39, 0.29) is 0 Å². The fourth-order valence-electron chi connectivity index (χ4n) is 1.65. The summed E-state index contributed by atoms with van der Waals surface area (Å²) >= 11 is 0. The van der Waals surface area contributed by atoms with Gasteiger partial charge in [-0.1, -0.05) is 13.0 Å². The number of aryl methyl sites for hydroxylation is 1. The van der Waals surface area contributed by atoms with Gasteiger partial charge in [0.2, 0.25) is 0 Å². The smallest absolute Gasteiger partial charge is 0.160 e. The summed E-state index contributed by atoms with van der Waals surface area (Å²) in [4.78, 5) is 8.79. The predicted octanol–water partition coefficient (Wildman–Crippen LogP) is 2.64. The van der Waals surface area contributed by atoms with E-state index in [4.69, 9.17) is 4.74 Å². The summed E-state index contributed by atoms with van der Waals surface area (Å²) in [6.45, 7) is 5.36. The molecule has 0 saturated heterocycles. The molecule has 0 amide bonds. The van der Waals surface area contributed by atoms with E-state index < -0.39 is 0 Å². The van der Waals surface area contributed by atoms with Crippen molar-refractivity contribution in [3.05, 3.63) is 36.3 Å². The van der Waals surface area contributed by atoms with Crippen molar-refractivity contribution in [3.63, 3.8) is 0 Å². The first-order valence-corrected chi connectivity index (χ1v) is 5.84. The second-order valence-electron chi connectivity index (χ2n) is 3.93. The van der Waals surface area contributed by atoms with Crippen LogP contribution in [-0.4, -0.2) is 21.1 Å². The van der Waals surface area contributed by atoms with Crippen molar-refractivity contribution in [1.82, 2.24) is 14.5 Å². The van der Waals surface area contributed by atoms with Gasteiger partial charge in [0, 0.05) is 19.0 Å². The molecule has 4 nitrogen and oxygen atoms in total. The predicted molar refractivity (Wildman–Crippen MR) is 66.4 cm³/mol. The SMILES string of the molecule is CCCOCn1cc(C)nc1-c1ccccn1. The van der Waals surface area contributed by atoms with E-state index in [0.29, 0.717) is 6.73 Å². The molecule has 0 aromatic carbocycles. The minimum Gasteiger partial charge on any atom is -0.361 e. The Bertz CT molecular complexity index is 465. The average Bonchev–Trinajstić information content (AvgIpc) is 2.72. The first kappa shape index (κ1) is 11.8. The van der Waals surface area contributed by atoms with Crippen molar-refractivity contribution in [3.8, 4) is 11.5 Å². The zero-order valence-corrected chi connectivity index (χ0v) is 10.3. The van der Waals surface area contributed by atoms with Crippen molar-refractivity contribution in [2.24, 2.45) is 0 Å². The summed E-state index contributed by atoms with van der Waals surface area (Å²) in [7, 11) is 0. The number of pyridine rings is 1. The Morgan fingerprint density at radius 3 is 2.94 bits per heavy atom. The molecular formula is C13H17N3O. The lowest BCUT2D eigenvalue weighted by Crippen LogP contribution is -2.04. The minimum absolute atomic E-state index is 0.528. The zero-order chi connectivity index (χ0) is 12.1. The van der Waals surface area contributed by atoms with Crippen LogP contribution in [0.2, 0.25) is 0 Å².